The van der Waals surface area contributed by atoms with Gasteiger partial charge in [-0.05, 0) is 17.5 Å². The molecule has 1 aromatic heterocycles. The molecule has 0 bridgehead atoms. The van der Waals surface area contributed by atoms with Crippen LogP contribution < -0.4 is 5.73 Å². The molecule has 2 rings (SSSR count). The van der Waals surface area contributed by atoms with Crippen molar-refractivity contribution in [1.82, 2.24) is 9.78 Å². The molecule has 0 aliphatic carbocycles. The zero-order valence-corrected chi connectivity index (χ0v) is 10.8. The lowest BCUT2D eigenvalue weighted by molar-refractivity contribution is 0.221. The fraction of sp³-hybridized carbons (Fsp3) is 0.357. The summed E-state index contributed by atoms with van der Waals surface area (Å²) in [7, 11) is 1.76. The van der Waals surface area contributed by atoms with Crippen LogP contribution in [0.2, 0.25) is 0 Å². The summed E-state index contributed by atoms with van der Waals surface area (Å²) >= 11 is 0. The average molecular weight is 245 g/mol. The summed E-state index contributed by atoms with van der Waals surface area (Å²) in [6, 6.07) is 7.99. The summed E-state index contributed by atoms with van der Waals surface area (Å²) in [5, 5.41) is 14.3. The Kier molecular flexibility index (Phi) is 3.67. The predicted molar refractivity (Wildman–Crippen MR) is 72.1 cm³/mol. The van der Waals surface area contributed by atoms with Gasteiger partial charge in [-0.15, -0.1) is 0 Å². The van der Waals surface area contributed by atoms with Crippen LogP contribution in [0.4, 0.5) is 5.82 Å². The van der Waals surface area contributed by atoms with Crippen LogP contribution in [0.3, 0.4) is 0 Å². The van der Waals surface area contributed by atoms with E-state index in [0.717, 1.165) is 18.4 Å². The first-order valence-corrected chi connectivity index (χ1v) is 6.17. The Labute approximate surface area is 107 Å². The van der Waals surface area contributed by atoms with Crippen LogP contribution in [0.5, 0.6) is 0 Å². The number of anilines is 1. The van der Waals surface area contributed by atoms with Crippen LogP contribution in [-0.4, -0.2) is 14.9 Å². The van der Waals surface area contributed by atoms with Crippen LogP contribution in [0.15, 0.2) is 30.5 Å². The minimum atomic E-state index is -0.714. The summed E-state index contributed by atoms with van der Waals surface area (Å²) in [6.07, 6.45) is 3.08. The topological polar surface area (TPSA) is 64.1 Å². The lowest BCUT2D eigenvalue weighted by Crippen LogP contribution is -2.04. The van der Waals surface area contributed by atoms with Crippen LogP contribution in [0.25, 0.3) is 0 Å². The number of aliphatic hydroxyl groups excluding tert-OH is 1. The Hall–Kier alpha value is -1.81. The highest BCUT2D eigenvalue weighted by molar-refractivity contribution is 5.44. The number of nitrogens with two attached hydrogens (primary N) is 1. The van der Waals surface area contributed by atoms with Gasteiger partial charge in [0.2, 0.25) is 0 Å². The number of hydrogen-bond donors (Lipinski definition) is 2. The number of aromatic nitrogens is 2. The van der Waals surface area contributed by atoms with E-state index in [9.17, 15) is 5.11 Å². The molecule has 18 heavy (non-hydrogen) atoms. The molecule has 0 spiro atoms. The first-order chi connectivity index (χ1) is 8.63. The fourth-order valence-electron chi connectivity index (χ4n) is 2.01. The van der Waals surface area contributed by atoms with E-state index in [4.69, 9.17) is 5.73 Å². The van der Waals surface area contributed by atoms with Crippen molar-refractivity contribution in [1.29, 1.82) is 0 Å². The number of hydrogen-bond acceptors (Lipinski definition) is 3. The quantitative estimate of drug-likeness (QED) is 0.866. The van der Waals surface area contributed by atoms with Crippen molar-refractivity contribution in [2.75, 3.05) is 5.73 Å². The molecule has 1 heterocycles. The molecule has 0 aliphatic heterocycles. The van der Waals surface area contributed by atoms with Gasteiger partial charge in [0.15, 0.2) is 0 Å². The van der Waals surface area contributed by atoms with Crippen molar-refractivity contribution in [3.8, 4) is 0 Å². The van der Waals surface area contributed by atoms with Gasteiger partial charge < -0.3 is 10.8 Å². The third-order valence-corrected chi connectivity index (χ3v) is 3.14. The van der Waals surface area contributed by atoms with E-state index < -0.39 is 6.10 Å². The van der Waals surface area contributed by atoms with E-state index in [1.165, 1.54) is 5.56 Å². The number of aryl methyl sites for hydroxylation is 2. The maximum atomic E-state index is 10.3. The summed E-state index contributed by atoms with van der Waals surface area (Å²) < 4.78 is 1.56. The van der Waals surface area contributed by atoms with Gasteiger partial charge in [-0.2, -0.15) is 5.10 Å². The van der Waals surface area contributed by atoms with Crippen LogP contribution in [0, 0.1) is 0 Å². The summed E-state index contributed by atoms with van der Waals surface area (Å²) in [4.78, 5) is 0. The van der Waals surface area contributed by atoms with Gasteiger partial charge in [0, 0.05) is 12.6 Å². The number of nitrogen functional groups attached to an aromatic ring is 1. The first-order valence-electron chi connectivity index (χ1n) is 6.17. The maximum absolute atomic E-state index is 10.3. The SMILES string of the molecule is CCCc1ccc(C(O)c2cnn(C)c2N)cc1. The Morgan fingerprint density at radius 2 is 2.00 bits per heavy atom. The molecule has 1 aromatic carbocycles. The van der Waals surface area contributed by atoms with Gasteiger partial charge in [-0.1, -0.05) is 37.6 Å². The molecule has 2 aromatic rings. The Balaban J connectivity index is 2.23. The smallest absolute Gasteiger partial charge is 0.127 e. The van der Waals surface area contributed by atoms with Crippen LogP contribution >= 0.6 is 0 Å². The van der Waals surface area contributed by atoms with Gasteiger partial charge >= 0.3 is 0 Å². The van der Waals surface area contributed by atoms with Gasteiger partial charge in [0.1, 0.15) is 11.9 Å². The number of benzene rings is 1. The standard InChI is InChI=1S/C14H19N3O/c1-3-4-10-5-7-11(8-6-10)13(18)12-9-16-17(2)14(12)15/h5-9,13,18H,3-4,15H2,1-2H3. The molecule has 3 N–H and O–H groups in total. The van der Waals surface area contributed by atoms with E-state index in [0.29, 0.717) is 11.4 Å². The molecule has 1 atom stereocenters. The van der Waals surface area contributed by atoms with Crippen LogP contribution in [-0.2, 0) is 13.5 Å². The predicted octanol–water partition coefficient (Wildman–Crippen LogP) is 2.04. The minimum absolute atomic E-state index is 0.500. The van der Waals surface area contributed by atoms with Crippen molar-refractivity contribution in [2.24, 2.45) is 7.05 Å². The van der Waals surface area contributed by atoms with E-state index >= 15 is 0 Å². The Bertz CT molecular complexity index is 516. The van der Waals surface area contributed by atoms with E-state index in [1.54, 1.807) is 17.9 Å². The highest BCUT2D eigenvalue weighted by Gasteiger charge is 2.16. The van der Waals surface area contributed by atoms with Crippen molar-refractivity contribution in [2.45, 2.75) is 25.9 Å². The molecule has 0 aliphatic rings. The molecule has 1 unspecified atom stereocenters. The second-order valence-corrected chi connectivity index (χ2v) is 4.50. The van der Waals surface area contributed by atoms with Crippen molar-refractivity contribution >= 4 is 5.82 Å². The summed E-state index contributed by atoms with van der Waals surface area (Å²) in [5.41, 5.74) is 8.64. The monoisotopic (exact) mass is 245 g/mol. The summed E-state index contributed by atoms with van der Waals surface area (Å²) in [6.45, 7) is 2.15. The molecule has 0 fully saturated rings. The zero-order chi connectivity index (χ0) is 13.1. The summed E-state index contributed by atoms with van der Waals surface area (Å²) in [5.74, 6) is 0.500. The first kappa shape index (κ1) is 12.6. The highest BCUT2D eigenvalue weighted by atomic mass is 16.3. The van der Waals surface area contributed by atoms with Crippen molar-refractivity contribution in [3.63, 3.8) is 0 Å². The molecule has 0 radical (unpaired) electrons. The molecule has 4 nitrogen and oxygen atoms in total. The van der Waals surface area contributed by atoms with Crippen molar-refractivity contribution in [3.05, 3.63) is 47.2 Å². The molecule has 0 amide bonds. The maximum Gasteiger partial charge on any atom is 0.127 e. The second-order valence-electron chi connectivity index (χ2n) is 4.50. The Morgan fingerprint density at radius 1 is 1.33 bits per heavy atom. The Morgan fingerprint density at radius 3 is 2.50 bits per heavy atom. The molecule has 96 valence electrons. The molecule has 0 saturated carbocycles. The third-order valence-electron chi connectivity index (χ3n) is 3.14. The van der Waals surface area contributed by atoms with E-state index in [1.807, 2.05) is 12.1 Å². The molecular formula is C14H19N3O. The van der Waals surface area contributed by atoms with Gasteiger partial charge in [0.25, 0.3) is 0 Å². The van der Waals surface area contributed by atoms with Crippen LogP contribution in [0.1, 0.15) is 36.1 Å². The average Bonchev–Trinajstić information content (AvgIpc) is 2.71. The van der Waals surface area contributed by atoms with Gasteiger partial charge in [-0.25, -0.2) is 0 Å². The number of rotatable bonds is 4. The fourth-order valence-corrected chi connectivity index (χ4v) is 2.01. The molecule has 4 heteroatoms. The third kappa shape index (κ3) is 2.38. The number of nitrogens with zero attached hydrogens (tertiary/aromatic N) is 2. The lowest BCUT2D eigenvalue weighted by Gasteiger charge is -2.11. The molecule has 0 saturated heterocycles. The lowest BCUT2D eigenvalue weighted by atomic mass is 10.0. The van der Waals surface area contributed by atoms with Gasteiger partial charge in [0.05, 0.1) is 6.20 Å². The second kappa shape index (κ2) is 5.23. The number of aliphatic hydroxyl groups is 1. The highest BCUT2D eigenvalue weighted by Crippen LogP contribution is 2.26. The van der Waals surface area contributed by atoms with Gasteiger partial charge in [-0.3, -0.25) is 4.68 Å². The van der Waals surface area contributed by atoms with Crippen molar-refractivity contribution < 1.29 is 5.11 Å². The molecular weight excluding hydrogens is 226 g/mol. The van der Waals surface area contributed by atoms with E-state index in [2.05, 4.69) is 24.2 Å². The van der Waals surface area contributed by atoms with E-state index in [-0.39, 0.29) is 0 Å². The largest absolute Gasteiger partial charge is 0.384 e. The zero-order valence-electron chi connectivity index (χ0n) is 10.8. The normalized spacial score (nSPS) is 12.6. The minimum Gasteiger partial charge on any atom is -0.384 e.